The number of aliphatic imine (C=N–C) groups is 1. The minimum Gasteiger partial charge on any atom is -0.497 e. The van der Waals surface area contributed by atoms with Crippen molar-refractivity contribution in [3.63, 3.8) is 0 Å². The Balaban J connectivity index is 0.00000320. The smallest absolute Gasteiger partial charge is 0.191 e. The van der Waals surface area contributed by atoms with Crippen molar-refractivity contribution >= 4 is 35.6 Å². The summed E-state index contributed by atoms with van der Waals surface area (Å²) >= 11 is 0. The molecule has 3 rings (SSSR count). The summed E-state index contributed by atoms with van der Waals surface area (Å²) in [5.41, 5.74) is 2.45. The molecular weight excluding hydrogens is 495 g/mol. The quantitative estimate of drug-likeness (QED) is 0.239. The van der Waals surface area contributed by atoms with Crippen LogP contribution in [0.4, 0.5) is 5.69 Å². The number of nitrogens with zero attached hydrogens (tertiary/aromatic N) is 2. The fraction of sp³-hybridized carbons (Fsp3) is 0.409. The number of ether oxygens (including phenoxy) is 3. The van der Waals surface area contributed by atoms with Gasteiger partial charge in [0.05, 0.1) is 26.9 Å². The van der Waals surface area contributed by atoms with Gasteiger partial charge in [-0.2, -0.15) is 0 Å². The number of nitrogens with one attached hydrogen (secondary N) is 2. The van der Waals surface area contributed by atoms with Crippen molar-refractivity contribution in [3.05, 3.63) is 54.1 Å². The zero-order valence-electron chi connectivity index (χ0n) is 17.6. The molecule has 7 nitrogen and oxygen atoms in total. The summed E-state index contributed by atoms with van der Waals surface area (Å²) in [5, 5.41) is 6.59. The lowest BCUT2D eigenvalue weighted by Crippen LogP contribution is -2.39. The summed E-state index contributed by atoms with van der Waals surface area (Å²) < 4.78 is 16.3. The van der Waals surface area contributed by atoms with Crippen molar-refractivity contribution in [1.82, 2.24) is 10.6 Å². The first-order chi connectivity index (χ1) is 14.3. The molecule has 0 saturated carbocycles. The van der Waals surface area contributed by atoms with E-state index in [0.29, 0.717) is 19.7 Å². The number of hydrogen-bond donors (Lipinski definition) is 2. The Morgan fingerprint density at radius 2 is 1.67 bits per heavy atom. The van der Waals surface area contributed by atoms with Crippen LogP contribution < -0.4 is 25.0 Å². The van der Waals surface area contributed by atoms with Crippen LogP contribution in [0.5, 0.6) is 11.5 Å². The number of rotatable bonds is 8. The molecule has 164 valence electrons. The van der Waals surface area contributed by atoms with E-state index in [1.54, 1.807) is 14.2 Å². The number of anilines is 1. The van der Waals surface area contributed by atoms with Crippen molar-refractivity contribution in [3.8, 4) is 11.5 Å². The molecule has 2 aromatic rings. The molecule has 30 heavy (non-hydrogen) atoms. The topological polar surface area (TPSA) is 67.4 Å². The van der Waals surface area contributed by atoms with E-state index < -0.39 is 0 Å². The SMILES string of the molecule is CN=C(NCCOc1ccc(OC)cc1)NCc1ccc(N2CCOCC2)cc1.I. The summed E-state index contributed by atoms with van der Waals surface area (Å²) in [7, 11) is 3.41. The van der Waals surface area contributed by atoms with Crippen molar-refractivity contribution in [2.45, 2.75) is 6.54 Å². The van der Waals surface area contributed by atoms with Crippen LogP contribution in [-0.4, -0.2) is 59.6 Å². The highest BCUT2D eigenvalue weighted by molar-refractivity contribution is 14.0. The Labute approximate surface area is 195 Å². The van der Waals surface area contributed by atoms with Gasteiger partial charge in [-0.05, 0) is 42.0 Å². The van der Waals surface area contributed by atoms with E-state index in [2.05, 4.69) is 44.8 Å². The summed E-state index contributed by atoms with van der Waals surface area (Å²) in [6, 6.07) is 16.2. The van der Waals surface area contributed by atoms with Gasteiger partial charge >= 0.3 is 0 Å². The van der Waals surface area contributed by atoms with Crippen LogP contribution in [0.1, 0.15) is 5.56 Å². The monoisotopic (exact) mass is 526 g/mol. The Hall–Kier alpha value is -2.20. The first-order valence-corrected chi connectivity index (χ1v) is 9.91. The van der Waals surface area contributed by atoms with Crippen LogP contribution in [0.15, 0.2) is 53.5 Å². The molecular formula is C22H31IN4O3. The number of guanidine groups is 1. The van der Waals surface area contributed by atoms with Gasteiger partial charge in [-0.1, -0.05) is 12.1 Å². The highest BCUT2D eigenvalue weighted by atomic mass is 127. The van der Waals surface area contributed by atoms with Gasteiger partial charge in [-0.3, -0.25) is 4.99 Å². The summed E-state index contributed by atoms with van der Waals surface area (Å²) in [6.45, 7) is 5.41. The zero-order chi connectivity index (χ0) is 20.3. The lowest BCUT2D eigenvalue weighted by molar-refractivity contribution is 0.122. The van der Waals surface area contributed by atoms with Crippen LogP contribution in [0.25, 0.3) is 0 Å². The summed E-state index contributed by atoms with van der Waals surface area (Å²) in [4.78, 5) is 6.61. The highest BCUT2D eigenvalue weighted by Crippen LogP contribution is 2.17. The average Bonchev–Trinajstić information content (AvgIpc) is 2.80. The molecule has 1 heterocycles. The van der Waals surface area contributed by atoms with Crippen molar-refractivity contribution in [2.75, 3.05) is 58.5 Å². The molecule has 0 radical (unpaired) electrons. The van der Waals surface area contributed by atoms with E-state index in [1.807, 2.05) is 24.3 Å². The van der Waals surface area contributed by atoms with E-state index in [-0.39, 0.29) is 24.0 Å². The highest BCUT2D eigenvalue weighted by Gasteiger charge is 2.10. The van der Waals surface area contributed by atoms with E-state index in [9.17, 15) is 0 Å². The first kappa shape index (κ1) is 24.1. The molecule has 0 atom stereocenters. The van der Waals surface area contributed by atoms with Gasteiger partial charge < -0.3 is 29.7 Å². The Kier molecular flexibility index (Phi) is 10.6. The van der Waals surface area contributed by atoms with E-state index in [4.69, 9.17) is 14.2 Å². The van der Waals surface area contributed by atoms with Gasteiger partial charge in [0.15, 0.2) is 5.96 Å². The molecule has 1 aliphatic heterocycles. The van der Waals surface area contributed by atoms with E-state index in [1.165, 1.54) is 11.3 Å². The summed E-state index contributed by atoms with van der Waals surface area (Å²) in [6.07, 6.45) is 0. The maximum Gasteiger partial charge on any atom is 0.191 e. The molecule has 0 aromatic heterocycles. The number of hydrogen-bond acceptors (Lipinski definition) is 5. The molecule has 1 saturated heterocycles. The maximum atomic E-state index is 5.72. The van der Waals surface area contributed by atoms with Gasteiger partial charge in [-0.25, -0.2) is 0 Å². The number of halogens is 1. The largest absolute Gasteiger partial charge is 0.497 e. The molecule has 0 unspecified atom stereocenters. The second kappa shape index (κ2) is 13.2. The lowest BCUT2D eigenvalue weighted by atomic mass is 10.2. The minimum absolute atomic E-state index is 0. The van der Waals surface area contributed by atoms with Crippen LogP contribution >= 0.6 is 24.0 Å². The number of benzene rings is 2. The van der Waals surface area contributed by atoms with Crippen molar-refractivity contribution < 1.29 is 14.2 Å². The number of morpholine rings is 1. The predicted octanol–water partition coefficient (Wildman–Crippen LogP) is 2.89. The predicted molar refractivity (Wildman–Crippen MR) is 132 cm³/mol. The fourth-order valence-corrected chi connectivity index (χ4v) is 3.06. The molecule has 8 heteroatoms. The molecule has 0 amide bonds. The van der Waals surface area contributed by atoms with Gasteiger partial charge in [0.1, 0.15) is 18.1 Å². The molecule has 1 aliphatic rings. The zero-order valence-corrected chi connectivity index (χ0v) is 19.9. The minimum atomic E-state index is 0. The van der Waals surface area contributed by atoms with Crippen molar-refractivity contribution in [1.29, 1.82) is 0 Å². The second-order valence-corrected chi connectivity index (χ2v) is 6.64. The fourth-order valence-electron chi connectivity index (χ4n) is 3.06. The molecule has 2 aromatic carbocycles. The summed E-state index contributed by atoms with van der Waals surface area (Å²) in [5.74, 6) is 2.38. The maximum absolute atomic E-state index is 5.72. The molecule has 0 spiro atoms. The third-order valence-corrected chi connectivity index (χ3v) is 4.72. The average molecular weight is 526 g/mol. The van der Waals surface area contributed by atoms with Gasteiger partial charge in [0, 0.05) is 32.4 Å². The third-order valence-electron chi connectivity index (χ3n) is 4.72. The van der Waals surface area contributed by atoms with Gasteiger partial charge in [0.2, 0.25) is 0 Å². The lowest BCUT2D eigenvalue weighted by Gasteiger charge is -2.28. The first-order valence-electron chi connectivity index (χ1n) is 9.91. The van der Waals surface area contributed by atoms with E-state index >= 15 is 0 Å². The third kappa shape index (κ3) is 7.56. The standard InChI is InChI=1S/C22H30N4O3.HI/c1-23-22(24-11-14-29-21-9-7-20(27-2)8-10-21)25-17-18-3-5-19(6-4-18)26-12-15-28-16-13-26;/h3-10H,11-17H2,1-2H3,(H2,23,24,25);1H. The molecule has 1 fully saturated rings. The normalized spacial score (nSPS) is 13.9. The van der Waals surface area contributed by atoms with Crippen LogP contribution in [0.3, 0.4) is 0 Å². The molecule has 2 N–H and O–H groups in total. The van der Waals surface area contributed by atoms with Crippen molar-refractivity contribution in [2.24, 2.45) is 4.99 Å². The van der Waals surface area contributed by atoms with Gasteiger partial charge in [0.25, 0.3) is 0 Å². The Morgan fingerprint density at radius 3 is 2.30 bits per heavy atom. The Bertz CT molecular complexity index is 763. The Morgan fingerprint density at radius 1 is 1.00 bits per heavy atom. The van der Waals surface area contributed by atoms with Crippen LogP contribution in [0, 0.1) is 0 Å². The van der Waals surface area contributed by atoms with Gasteiger partial charge in [-0.15, -0.1) is 24.0 Å². The molecule has 0 aliphatic carbocycles. The molecule has 0 bridgehead atoms. The van der Waals surface area contributed by atoms with Crippen LogP contribution in [-0.2, 0) is 11.3 Å². The van der Waals surface area contributed by atoms with E-state index in [0.717, 1.165) is 43.8 Å². The van der Waals surface area contributed by atoms with Crippen LogP contribution in [0.2, 0.25) is 0 Å². The second-order valence-electron chi connectivity index (χ2n) is 6.64. The number of methoxy groups -OCH3 is 1.